The molecule has 5 rings (SSSR count). The number of hydrogen-bond donors (Lipinski definition) is 2. The quantitative estimate of drug-likeness (QED) is 0.361. The summed E-state index contributed by atoms with van der Waals surface area (Å²) < 4.78 is 5.85. The summed E-state index contributed by atoms with van der Waals surface area (Å²) >= 11 is 1.49. The van der Waals surface area contributed by atoms with E-state index in [1.807, 2.05) is 36.4 Å². The fourth-order valence-electron chi connectivity index (χ4n) is 4.06. The van der Waals surface area contributed by atoms with Crippen molar-refractivity contribution in [3.63, 3.8) is 0 Å². The number of ether oxygens (including phenoxy) is 1. The number of benzene rings is 1. The van der Waals surface area contributed by atoms with Crippen molar-refractivity contribution in [1.82, 2.24) is 9.97 Å². The second-order valence-corrected chi connectivity index (χ2v) is 9.31. The Morgan fingerprint density at radius 1 is 0.943 bits per heavy atom. The lowest BCUT2D eigenvalue weighted by Gasteiger charge is -2.14. The normalized spacial score (nSPS) is 12.5. The minimum absolute atomic E-state index is 0.243. The van der Waals surface area contributed by atoms with E-state index >= 15 is 0 Å². The smallest absolute Gasteiger partial charge is 0.258 e. The number of nitrogens with zero attached hydrogens (tertiary/aromatic N) is 2. The topological polar surface area (TPSA) is 93.2 Å². The molecule has 2 amide bonds. The summed E-state index contributed by atoms with van der Waals surface area (Å²) in [5.41, 5.74) is 3.46. The number of nitrogens with one attached hydrogen (secondary N) is 2. The van der Waals surface area contributed by atoms with Gasteiger partial charge in [0.05, 0.1) is 16.8 Å². The third-order valence-corrected chi connectivity index (χ3v) is 6.96. The minimum atomic E-state index is -0.282. The van der Waals surface area contributed by atoms with Crippen molar-refractivity contribution in [2.75, 3.05) is 10.6 Å². The molecule has 1 aromatic carbocycles. The van der Waals surface area contributed by atoms with Crippen LogP contribution < -0.4 is 15.4 Å². The average Bonchev–Trinajstić information content (AvgIpc) is 3.26. The van der Waals surface area contributed by atoms with Crippen LogP contribution in [0.5, 0.6) is 5.75 Å². The molecule has 0 fully saturated rings. The molecule has 4 aromatic rings. The predicted octanol–water partition coefficient (Wildman–Crippen LogP) is 5.50. The molecule has 1 aliphatic rings. The van der Waals surface area contributed by atoms with Gasteiger partial charge in [-0.1, -0.05) is 12.1 Å². The Hall–Kier alpha value is -4.04. The van der Waals surface area contributed by atoms with E-state index in [1.165, 1.54) is 17.5 Å². The number of thiophene rings is 1. The molecule has 1 aliphatic carbocycles. The van der Waals surface area contributed by atoms with Gasteiger partial charge in [0.25, 0.3) is 11.8 Å². The van der Waals surface area contributed by atoms with Gasteiger partial charge < -0.3 is 15.4 Å². The minimum Gasteiger partial charge on any atom is -0.487 e. The zero-order valence-electron chi connectivity index (χ0n) is 19.0. The summed E-state index contributed by atoms with van der Waals surface area (Å²) in [5.74, 6) is 0.106. The molecular formula is C27H24N4O3S. The van der Waals surface area contributed by atoms with Gasteiger partial charge in [0.15, 0.2) is 0 Å². The van der Waals surface area contributed by atoms with E-state index in [0.717, 1.165) is 41.8 Å². The molecule has 0 spiro atoms. The average molecular weight is 485 g/mol. The third kappa shape index (κ3) is 5.38. The maximum Gasteiger partial charge on any atom is 0.258 e. The SMILES string of the molecule is O=C(Nc1sc2c(c1C(=O)Nc1cccc(OCc3ccccn3)c1)CCCC2)c1cccnc1. The number of rotatable bonds is 7. The molecule has 176 valence electrons. The van der Waals surface area contributed by atoms with E-state index in [-0.39, 0.29) is 11.8 Å². The Balaban J connectivity index is 1.35. The number of amides is 2. The predicted molar refractivity (Wildman–Crippen MR) is 136 cm³/mol. The second kappa shape index (κ2) is 10.5. The lowest BCUT2D eigenvalue weighted by atomic mass is 9.95. The number of carbonyl (C=O) groups excluding carboxylic acids is 2. The van der Waals surface area contributed by atoms with E-state index in [0.29, 0.717) is 34.2 Å². The molecule has 2 N–H and O–H groups in total. The number of anilines is 2. The van der Waals surface area contributed by atoms with E-state index in [1.54, 1.807) is 30.6 Å². The molecule has 3 aromatic heterocycles. The highest BCUT2D eigenvalue weighted by atomic mass is 32.1. The molecule has 0 saturated carbocycles. The number of pyridine rings is 2. The molecule has 7 nitrogen and oxygen atoms in total. The van der Waals surface area contributed by atoms with E-state index in [4.69, 9.17) is 4.74 Å². The van der Waals surface area contributed by atoms with Gasteiger partial charge in [-0.3, -0.25) is 19.6 Å². The van der Waals surface area contributed by atoms with E-state index in [9.17, 15) is 9.59 Å². The van der Waals surface area contributed by atoms with Gasteiger partial charge in [0, 0.05) is 35.2 Å². The van der Waals surface area contributed by atoms with Crippen molar-refractivity contribution in [2.24, 2.45) is 0 Å². The van der Waals surface area contributed by atoms with Crippen LogP contribution in [0.4, 0.5) is 10.7 Å². The van der Waals surface area contributed by atoms with Crippen LogP contribution in [0, 0.1) is 0 Å². The van der Waals surface area contributed by atoms with Gasteiger partial charge in [0.2, 0.25) is 0 Å². The van der Waals surface area contributed by atoms with E-state index < -0.39 is 0 Å². The highest BCUT2D eigenvalue weighted by Gasteiger charge is 2.26. The lowest BCUT2D eigenvalue weighted by Crippen LogP contribution is -2.18. The second-order valence-electron chi connectivity index (χ2n) is 8.20. The Bertz CT molecular complexity index is 1340. The summed E-state index contributed by atoms with van der Waals surface area (Å²) in [7, 11) is 0. The van der Waals surface area contributed by atoms with Crippen LogP contribution in [0.3, 0.4) is 0 Å². The number of aromatic nitrogens is 2. The zero-order chi connectivity index (χ0) is 24.0. The largest absolute Gasteiger partial charge is 0.487 e. The van der Waals surface area contributed by atoms with Crippen LogP contribution in [0.2, 0.25) is 0 Å². The van der Waals surface area contributed by atoms with Gasteiger partial charge in [-0.15, -0.1) is 11.3 Å². The Morgan fingerprint density at radius 2 is 1.86 bits per heavy atom. The lowest BCUT2D eigenvalue weighted by molar-refractivity contribution is 0.102. The van der Waals surface area contributed by atoms with Crippen LogP contribution in [-0.4, -0.2) is 21.8 Å². The molecule has 0 unspecified atom stereocenters. The van der Waals surface area contributed by atoms with Crippen molar-refractivity contribution >= 4 is 33.8 Å². The molecule has 35 heavy (non-hydrogen) atoms. The standard InChI is InChI=1S/C27H24N4O3S/c32-25(18-7-6-13-28-16-18)31-27-24(22-11-1-2-12-23(22)35-27)26(33)30-19-9-5-10-21(15-19)34-17-20-8-3-4-14-29-20/h3-10,13-16H,1-2,11-12,17H2,(H,30,33)(H,31,32). The molecule has 0 aliphatic heterocycles. The Labute approximate surface area is 207 Å². The molecule has 0 saturated heterocycles. The fourth-order valence-corrected chi connectivity index (χ4v) is 5.35. The molecule has 0 atom stereocenters. The molecule has 8 heteroatoms. The third-order valence-electron chi connectivity index (χ3n) is 5.75. The summed E-state index contributed by atoms with van der Waals surface area (Å²) in [6, 6.07) is 16.3. The van der Waals surface area contributed by atoms with Crippen molar-refractivity contribution in [1.29, 1.82) is 0 Å². The monoisotopic (exact) mass is 484 g/mol. The highest BCUT2D eigenvalue weighted by molar-refractivity contribution is 7.17. The summed E-state index contributed by atoms with van der Waals surface area (Å²) in [6.07, 6.45) is 8.70. The number of carbonyl (C=O) groups is 2. The molecule has 0 bridgehead atoms. The Kier molecular flexibility index (Phi) is 6.81. The summed E-state index contributed by atoms with van der Waals surface area (Å²) in [5, 5.41) is 6.52. The van der Waals surface area contributed by atoms with Crippen LogP contribution in [0.15, 0.2) is 73.2 Å². The summed E-state index contributed by atoms with van der Waals surface area (Å²) in [6.45, 7) is 0.334. The van der Waals surface area contributed by atoms with Crippen LogP contribution in [0.1, 0.15) is 49.7 Å². The fraction of sp³-hybridized carbons (Fsp3) is 0.185. The molecular weight excluding hydrogens is 460 g/mol. The van der Waals surface area contributed by atoms with Gasteiger partial charge in [-0.05, 0) is 67.6 Å². The molecule has 3 heterocycles. The number of aryl methyl sites for hydroxylation is 1. The first-order valence-electron chi connectivity index (χ1n) is 11.5. The van der Waals surface area contributed by atoms with Crippen LogP contribution >= 0.6 is 11.3 Å². The maximum atomic E-state index is 13.5. The maximum absolute atomic E-state index is 13.5. The van der Waals surface area contributed by atoms with Crippen LogP contribution in [-0.2, 0) is 19.4 Å². The van der Waals surface area contributed by atoms with Crippen molar-refractivity contribution in [2.45, 2.75) is 32.3 Å². The van der Waals surface area contributed by atoms with Crippen molar-refractivity contribution in [3.05, 3.63) is 100 Å². The van der Waals surface area contributed by atoms with Crippen LogP contribution in [0.25, 0.3) is 0 Å². The number of fused-ring (bicyclic) bond motifs is 1. The van der Waals surface area contributed by atoms with Crippen molar-refractivity contribution < 1.29 is 14.3 Å². The van der Waals surface area contributed by atoms with E-state index in [2.05, 4.69) is 20.6 Å². The zero-order valence-corrected chi connectivity index (χ0v) is 19.8. The first kappa shape index (κ1) is 22.7. The first-order chi connectivity index (χ1) is 17.2. The first-order valence-corrected chi connectivity index (χ1v) is 12.3. The number of hydrogen-bond acceptors (Lipinski definition) is 6. The van der Waals surface area contributed by atoms with Gasteiger partial charge in [0.1, 0.15) is 17.4 Å². The van der Waals surface area contributed by atoms with Crippen molar-refractivity contribution in [3.8, 4) is 5.75 Å². The highest BCUT2D eigenvalue weighted by Crippen LogP contribution is 2.39. The summed E-state index contributed by atoms with van der Waals surface area (Å²) in [4.78, 5) is 35.7. The molecule has 0 radical (unpaired) electrons. The van der Waals surface area contributed by atoms with Gasteiger partial charge in [-0.2, -0.15) is 0 Å². The Morgan fingerprint density at radius 3 is 2.69 bits per heavy atom. The van der Waals surface area contributed by atoms with Gasteiger partial charge >= 0.3 is 0 Å². The van der Waals surface area contributed by atoms with Gasteiger partial charge in [-0.25, -0.2) is 0 Å².